The molecule has 3 rings (SSSR count). The van der Waals surface area contributed by atoms with Crippen LogP contribution in [0.2, 0.25) is 10.0 Å². The first kappa shape index (κ1) is 18.6. The highest BCUT2D eigenvalue weighted by Gasteiger charge is 2.32. The Kier molecular flexibility index (Phi) is 5.44. The molecule has 2 aromatic carbocycles. The van der Waals surface area contributed by atoms with Gasteiger partial charge in [-0.3, -0.25) is 9.59 Å². The van der Waals surface area contributed by atoms with Crippen LogP contribution in [0.5, 0.6) is 0 Å². The number of rotatable bonds is 4. The Morgan fingerprint density at radius 2 is 1.85 bits per heavy atom. The zero-order valence-electron chi connectivity index (χ0n) is 13.4. The van der Waals surface area contributed by atoms with Gasteiger partial charge in [-0.15, -0.1) is 0 Å². The molecule has 2 amide bonds. The predicted molar refractivity (Wildman–Crippen MR) is 95.4 cm³/mol. The lowest BCUT2D eigenvalue weighted by Crippen LogP contribution is -2.38. The average Bonchev–Trinajstić information content (AvgIpc) is 2.90. The third-order valence-corrected chi connectivity index (χ3v) is 4.61. The Morgan fingerprint density at radius 1 is 1.15 bits per heavy atom. The fourth-order valence-corrected chi connectivity index (χ4v) is 3.26. The van der Waals surface area contributed by atoms with Crippen LogP contribution >= 0.6 is 23.2 Å². The van der Waals surface area contributed by atoms with Crippen molar-refractivity contribution < 1.29 is 18.4 Å². The van der Waals surface area contributed by atoms with Crippen LogP contribution in [-0.4, -0.2) is 24.4 Å². The van der Waals surface area contributed by atoms with Crippen LogP contribution in [-0.2, 0) is 16.0 Å². The molecule has 1 saturated heterocycles. The van der Waals surface area contributed by atoms with E-state index in [1.165, 1.54) is 4.90 Å². The van der Waals surface area contributed by atoms with Crippen LogP contribution in [0.1, 0.15) is 12.0 Å². The Hall–Kier alpha value is -2.18. The predicted octanol–water partition coefficient (Wildman–Crippen LogP) is 3.74. The van der Waals surface area contributed by atoms with Gasteiger partial charge in [-0.2, -0.15) is 0 Å². The van der Waals surface area contributed by atoms with Crippen LogP contribution in [0.4, 0.5) is 14.5 Å². The maximum atomic E-state index is 13.4. The smallest absolute Gasteiger partial charge is 0.229 e. The van der Waals surface area contributed by atoms with Crippen LogP contribution < -0.4 is 10.2 Å². The molecule has 1 heterocycles. The molecular weight excluding hydrogens is 385 g/mol. The first-order valence-corrected chi connectivity index (χ1v) is 8.57. The maximum Gasteiger partial charge on any atom is 0.229 e. The number of benzene rings is 2. The van der Waals surface area contributed by atoms with Gasteiger partial charge in [-0.05, 0) is 35.9 Å². The lowest BCUT2D eigenvalue weighted by atomic mass is 10.1. The van der Waals surface area contributed by atoms with Gasteiger partial charge in [0.15, 0.2) is 0 Å². The second-order valence-electron chi connectivity index (χ2n) is 6.01. The molecule has 26 heavy (non-hydrogen) atoms. The third-order valence-electron chi connectivity index (χ3n) is 4.01. The fourth-order valence-electron chi connectivity index (χ4n) is 2.88. The van der Waals surface area contributed by atoms with Crippen LogP contribution in [0.25, 0.3) is 0 Å². The van der Waals surface area contributed by atoms with E-state index in [4.69, 9.17) is 23.2 Å². The lowest BCUT2D eigenvalue weighted by molar-refractivity contribution is -0.121. The Labute approximate surface area is 158 Å². The molecule has 8 heteroatoms. The van der Waals surface area contributed by atoms with E-state index in [0.29, 0.717) is 15.6 Å². The molecule has 0 saturated carbocycles. The molecule has 0 aliphatic carbocycles. The first-order chi connectivity index (χ1) is 12.3. The molecule has 0 aromatic heterocycles. The van der Waals surface area contributed by atoms with Crippen LogP contribution in [0.15, 0.2) is 36.4 Å². The van der Waals surface area contributed by atoms with Gasteiger partial charge in [-0.25, -0.2) is 8.78 Å². The molecule has 1 aliphatic heterocycles. The van der Waals surface area contributed by atoms with E-state index in [-0.39, 0.29) is 36.9 Å². The van der Waals surface area contributed by atoms with Gasteiger partial charge in [0.2, 0.25) is 11.8 Å². The molecule has 0 radical (unpaired) electrons. The number of anilines is 1. The van der Waals surface area contributed by atoms with E-state index in [0.717, 1.165) is 18.2 Å². The molecule has 1 fully saturated rings. The maximum absolute atomic E-state index is 13.4. The minimum absolute atomic E-state index is 0.0126. The fraction of sp³-hybridized carbons (Fsp3) is 0.222. The Morgan fingerprint density at radius 3 is 2.54 bits per heavy atom. The summed E-state index contributed by atoms with van der Waals surface area (Å²) >= 11 is 11.9. The van der Waals surface area contributed by atoms with Crippen molar-refractivity contribution in [2.75, 3.05) is 11.4 Å². The largest absolute Gasteiger partial charge is 0.351 e. The van der Waals surface area contributed by atoms with Crippen molar-refractivity contribution in [3.05, 3.63) is 63.6 Å². The molecule has 4 nitrogen and oxygen atoms in total. The molecule has 1 atom stereocenters. The molecule has 0 spiro atoms. The second-order valence-corrected chi connectivity index (χ2v) is 6.86. The van der Waals surface area contributed by atoms with Crippen molar-refractivity contribution in [1.29, 1.82) is 0 Å². The number of halogens is 4. The Bertz CT molecular complexity index is 856. The number of nitrogens with one attached hydrogen (secondary N) is 1. The summed E-state index contributed by atoms with van der Waals surface area (Å²) in [6.07, 6.45) is 0.0613. The summed E-state index contributed by atoms with van der Waals surface area (Å²) in [6, 6.07) is 7.26. The van der Waals surface area contributed by atoms with Gasteiger partial charge in [0.25, 0.3) is 0 Å². The summed E-state index contributed by atoms with van der Waals surface area (Å²) in [4.78, 5) is 25.6. The number of hydrogen-bond acceptors (Lipinski definition) is 2. The SMILES string of the molecule is O=C(Cc1cc(Cl)ccc1Cl)NC1CC(=O)N(c2cc(F)cc(F)c2)C1. The number of carbonyl (C=O) groups excluding carboxylic acids is 2. The number of carbonyl (C=O) groups is 2. The van der Waals surface area contributed by atoms with Crippen LogP contribution in [0.3, 0.4) is 0 Å². The molecule has 1 aliphatic rings. The number of amides is 2. The Balaban J connectivity index is 1.65. The van der Waals surface area contributed by atoms with Crippen molar-refractivity contribution >= 4 is 40.7 Å². The summed E-state index contributed by atoms with van der Waals surface area (Å²) in [5.41, 5.74) is 0.701. The molecule has 1 N–H and O–H groups in total. The highest BCUT2D eigenvalue weighted by molar-refractivity contribution is 6.33. The highest BCUT2D eigenvalue weighted by atomic mass is 35.5. The minimum atomic E-state index is -0.768. The summed E-state index contributed by atoms with van der Waals surface area (Å²) in [5.74, 6) is -2.17. The quantitative estimate of drug-likeness (QED) is 0.852. The zero-order chi connectivity index (χ0) is 18.8. The third kappa shape index (κ3) is 4.31. The lowest BCUT2D eigenvalue weighted by Gasteiger charge is -2.17. The van der Waals surface area contributed by atoms with E-state index in [2.05, 4.69) is 5.32 Å². The molecule has 2 aromatic rings. The number of nitrogens with zero attached hydrogens (tertiary/aromatic N) is 1. The summed E-state index contributed by atoms with van der Waals surface area (Å²) in [7, 11) is 0. The standard InChI is InChI=1S/C18H14Cl2F2N2O2/c19-11-1-2-16(20)10(3-11)4-17(25)23-14-8-18(26)24(9-14)15-6-12(21)5-13(22)7-15/h1-3,5-7,14H,4,8-9H2,(H,23,25). The van der Waals surface area contributed by atoms with Crippen molar-refractivity contribution in [1.82, 2.24) is 5.32 Å². The van der Waals surface area contributed by atoms with Crippen molar-refractivity contribution in [3.8, 4) is 0 Å². The van der Waals surface area contributed by atoms with E-state index in [1.54, 1.807) is 18.2 Å². The van der Waals surface area contributed by atoms with Gasteiger partial charge >= 0.3 is 0 Å². The molecule has 136 valence electrons. The minimum Gasteiger partial charge on any atom is -0.351 e. The van der Waals surface area contributed by atoms with Crippen molar-refractivity contribution in [2.24, 2.45) is 0 Å². The summed E-state index contributed by atoms with van der Waals surface area (Å²) < 4.78 is 26.7. The van der Waals surface area contributed by atoms with E-state index >= 15 is 0 Å². The van der Waals surface area contributed by atoms with Gasteiger partial charge in [0.05, 0.1) is 12.5 Å². The summed E-state index contributed by atoms with van der Waals surface area (Å²) in [6.45, 7) is 0.136. The normalized spacial score (nSPS) is 16.8. The van der Waals surface area contributed by atoms with Crippen LogP contribution in [0, 0.1) is 11.6 Å². The first-order valence-electron chi connectivity index (χ1n) is 7.81. The summed E-state index contributed by atoms with van der Waals surface area (Å²) in [5, 5.41) is 3.63. The highest BCUT2D eigenvalue weighted by Crippen LogP contribution is 2.24. The molecular formula is C18H14Cl2F2N2O2. The molecule has 0 bridgehead atoms. The van der Waals surface area contributed by atoms with Gasteiger partial charge < -0.3 is 10.2 Å². The topological polar surface area (TPSA) is 49.4 Å². The molecule has 1 unspecified atom stereocenters. The van der Waals surface area contributed by atoms with Gasteiger partial charge in [0.1, 0.15) is 11.6 Å². The van der Waals surface area contributed by atoms with E-state index < -0.39 is 17.7 Å². The van der Waals surface area contributed by atoms with Gasteiger partial charge in [0, 0.05) is 34.8 Å². The second kappa shape index (κ2) is 7.60. The van der Waals surface area contributed by atoms with Gasteiger partial charge in [-0.1, -0.05) is 23.2 Å². The van der Waals surface area contributed by atoms with Crippen molar-refractivity contribution in [3.63, 3.8) is 0 Å². The van der Waals surface area contributed by atoms with E-state index in [1.807, 2.05) is 0 Å². The average molecular weight is 399 g/mol. The number of hydrogen-bond donors (Lipinski definition) is 1. The monoisotopic (exact) mass is 398 g/mol. The van der Waals surface area contributed by atoms with Crippen molar-refractivity contribution in [2.45, 2.75) is 18.9 Å². The van der Waals surface area contributed by atoms with E-state index in [9.17, 15) is 18.4 Å². The zero-order valence-corrected chi connectivity index (χ0v) is 15.0.